The Morgan fingerprint density at radius 2 is 2.11 bits per heavy atom. The molecule has 94 valence electrons. The molecule has 0 aliphatic carbocycles. The Morgan fingerprint density at radius 1 is 1.33 bits per heavy atom. The van der Waals surface area contributed by atoms with E-state index < -0.39 is 0 Å². The molecule has 3 rings (SSSR count). The van der Waals surface area contributed by atoms with Crippen LogP contribution < -0.4 is 10.5 Å². The average molecular weight is 247 g/mol. The molecule has 1 aliphatic heterocycles. The summed E-state index contributed by atoms with van der Waals surface area (Å²) in [6.45, 7) is 4.36. The van der Waals surface area contributed by atoms with Gasteiger partial charge in [-0.05, 0) is 6.92 Å². The van der Waals surface area contributed by atoms with Crippen LogP contribution in [-0.4, -0.2) is 46.2 Å². The normalized spacial score (nSPS) is 16.2. The number of fused-ring (bicyclic) bond motifs is 1. The highest BCUT2D eigenvalue weighted by Gasteiger charge is 2.17. The third kappa shape index (κ3) is 1.92. The minimum atomic E-state index is -0.211. The molecule has 18 heavy (non-hydrogen) atoms. The summed E-state index contributed by atoms with van der Waals surface area (Å²) < 4.78 is 5.26. The largest absolute Gasteiger partial charge is 0.378 e. The first-order chi connectivity index (χ1) is 8.74. The number of H-pyrrole nitrogens is 1. The highest BCUT2D eigenvalue weighted by molar-refractivity contribution is 5.70. The van der Waals surface area contributed by atoms with Gasteiger partial charge in [0.15, 0.2) is 11.5 Å². The van der Waals surface area contributed by atoms with Gasteiger partial charge in [-0.2, -0.15) is 0 Å². The van der Waals surface area contributed by atoms with Crippen molar-refractivity contribution in [1.29, 1.82) is 0 Å². The third-order valence-electron chi connectivity index (χ3n) is 2.86. The third-order valence-corrected chi connectivity index (χ3v) is 2.86. The van der Waals surface area contributed by atoms with E-state index in [2.05, 4.69) is 19.9 Å². The van der Waals surface area contributed by atoms with Crippen LogP contribution in [0.5, 0.6) is 0 Å². The fourth-order valence-corrected chi connectivity index (χ4v) is 1.95. The number of aromatic nitrogens is 4. The smallest absolute Gasteiger partial charge is 0.291 e. The maximum Gasteiger partial charge on any atom is 0.291 e. The first-order valence-electron chi connectivity index (χ1n) is 5.80. The lowest BCUT2D eigenvalue weighted by Crippen LogP contribution is -2.40. The summed E-state index contributed by atoms with van der Waals surface area (Å²) in [5.41, 5.74) is 0.864. The molecule has 0 atom stereocenters. The lowest BCUT2D eigenvalue weighted by Gasteiger charge is -2.26. The Kier molecular flexibility index (Phi) is 2.67. The molecule has 1 N–H and O–H groups in total. The van der Waals surface area contributed by atoms with Crippen LogP contribution in [0.3, 0.4) is 0 Å². The molecule has 0 saturated carbocycles. The number of anilines is 1. The topological polar surface area (TPSA) is 84.0 Å². The molecule has 0 amide bonds. The van der Waals surface area contributed by atoms with E-state index in [1.165, 1.54) is 0 Å². The highest BCUT2D eigenvalue weighted by Crippen LogP contribution is 2.10. The van der Waals surface area contributed by atoms with Gasteiger partial charge < -0.3 is 14.6 Å². The van der Waals surface area contributed by atoms with Crippen LogP contribution in [0.25, 0.3) is 11.2 Å². The first-order valence-corrected chi connectivity index (χ1v) is 5.80. The summed E-state index contributed by atoms with van der Waals surface area (Å²) in [5, 5.41) is 0. The summed E-state index contributed by atoms with van der Waals surface area (Å²) in [4.78, 5) is 29.2. The van der Waals surface area contributed by atoms with Gasteiger partial charge in [0, 0.05) is 13.1 Å². The first kappa shape index (κ1) is 11.1. The maximum atomic E-state index is 12.0. The van der Waals surface area contributed by atoms with Crippen molar-refractivity contribution < 1.29 is 4.74 Å². The van der Waals surface area contributed by atoms with Gasteiger partial charge >= 0.3 is 0 Å². The zero-order valence-corrected chi connectivity index (χ0v) is 10.0. The van der Waals surface area contributed by atoms with Crippen molar-refractivity contribution in [3.05, 3.63) is 22.4 Å². The minimum Gasteiger partial charge on any atom is -0.378 e. The lowest BCUT2D eigenvalue weighted by molar-refractivity contribution is 0.122. The minimum absolute atomic E-state index is 0.211. The Hall–Kier alpha value is -2.02. The van der Waals surface area contributed by atoms with Crippen LogP contribution in [0, 0.1) is 6.92 Å². The number of rotatable bonds is 1. The number of hydrogen-bond donors (Lipinski definition) is 1. The van der Waals surface area contributed by atoms with Crippen molar-refractivity contribution >= 4 is 17.0 Å². The van der Waals surface area contributed by atoms with Gasteiger partial charge in [0.05, 0.1) is 19.4 Å². The molecule has 0 spiro atoms. The fourth-order valence-electron chi connectivity index (χ4n) is 1.95. The number of aromatic amines is 1. The van der Waals surface area contributed by atoms with E-state index in [4.69, 9.17) is 4.74 Å². The number of aryl methyl sites for hydroxylation is 1. The van der Waals surface area contributed by atoms with Gasteiger partial charge in [0.25, 0.3) is 5.56 Å². The quantitative estimate of drug-likeness (QED) is 0.755. The van der Waals surface area contributed by atoms with Crippen molar-refractivity contribution in [2.75, 3.05) is 31.2 Å². The van der Waals surface area contributed by atoms with E-state index >= 15 is 0 Å². The molecule has 1 saturated heterocycles. The predicted molar refractivity (Wildman–Crippen MR) is 65.7 cm³/mol. The zero-order valence-electron chi connectivity index (χ0n) is 10.0. The van der Waals surface area contributed by atoms with Gasteiger partial charge in [0.1, 0.15) is 11.3 Å². The Bertz CT molecular complexity index is 633. The second-order valence-electron chi connectivity index (χ2n) is 4.14. The van der Waals surface area contributed by atoms with Crippen molar-refractivity contribution in [1.82, 2.24) is 19.9 Å². The van der Waals surface area contributed by atoms with E-state index in [0.717, 1.165) is 0 Å². The van der Waals surface area contributed by atoms with Crippen molar-refractivity contribution in [3.63, 3.8) is 0 Å². The van der Waals surface area contributed by atoms with E-state index in [9.17, 15) is 4.79 Å². The summed E-state index contributed by atoms with van der Waals surface area (Å²) in [5.74, 6) is 1.04. The van der Waals surface area contributed by atoms with Crippen LogP contribution in [0.2, 0.25) is 0 Å². The Morgan fingerprint density at radius 3 is 2.89 bits per heavy atom. The highest BCUT2D eigenvalue weighted by atomic mass is 16.5. The van der Waals surface area contributed by atoms with E-state index in [1.807, 2.05) is 4.90 Å². The lowest BCUT2D eigenvalue weighted by atomic mass is 10.4. The van der Waals surface area contributed by atoms with E-state index in [1.54, 1.807) is 13.1 Å². The molecule has 7 heteroatoms. The molecular weight excluding hydrogens is 234 g/mol. The van der Waals surface area contributed by atoms with Gasteiger partial charge in [-0.25, -0.2) is 15.0 Å². The second kappa shape index (κ2) is 4.34. The fraction of sp³-hybridized carbons (Fsp3) is 0.455. The van der Waals surface area contributed by atoms with E-state index in [0.29, 0.717) is 49.1 Å². The molecule has 1 aliphatic rings. The summed E-state index contributed by atoms with van der Waals surface area (Å²) >= 11 is 0. The van der Waals surface area contributed by atoms with Crippen LogP contribution in [-0.2, 0) is 4.74 Å². The molecule has 0 radical (unpaired) electrons. The second-order valence-corrected chi connectivity index (χ2v) is 4.14. The molecule has 7 nitrogen and oxygen atoms in total. The molecule has 3 heterocycles. The molecule has 1 fully saturated rings. The molecule has 2 aromatic rings. The standard InChI is InChI=1S/C11H13N5O2/c1-7-12-6-8-9(13-7)15-10(11(17)14-8)16-2-4-18-5-3-16/h6H,2-5H2,1H3,(H,14,17). The predicted octanol–water partition coefficient (Wildman–Crippen LogP) is -0.142. The van der Waals surface area contributed by atoms with Gasteiger partial charge in [-0.1, -0.05) is 0 Å². The Labute approximate surface area is 103 Å². The molecule has 0 aromatic carbocycles. The number of hydrogen-bond acceptors (Lipinski definition) is 6. The van der Waals surface area contributed by atoms with Crippen LogP contribution >= 0.6 is 0 Å². The average Bonchev–Trinajstić information content (AvgIpc) is 2.39. The van der Waals surface area contributed by atoms with Crippen LogP contribution in [0.1, 0.15) is 5.82 Å². The number of nitrogens with one attached hydrogen (secondary N) is 1. The summed E-state index contributed by atoms with van der Waals surface area (Å²) in [6, 6.07) is 0. The van der Waals surface area contributed by atoms with Crippen molar-refractivity contribution in [2.24, 2.45) is 0 Å². The summed E-state index contributed by atoms with van der Waals surface area (Å²) in [7, 11) is 0. The Balaban J connectivity index is 2.10. The number of morpholine rings is 1. The van der Waals surface area contributed by atoms with Gasteiger partial charge in [-0.15, -0.1) is 0 Å². The molecular formula is C11H13N5O2. The van der Waals surface area contributed by atoms with Crippen LogP contribution in [0.15, 0.2) is 11.0 Å². The number of nitrogens with zero attached hydrogens (tertiary/aromatic N) is 4. The SMILES string of the molecule is Cc1ncc2[nH]c(=O)c(N3CCOCC3)nc2n1. The van der Waals surface area contributed by atoms with Crippen molar-refractivity contribution in [2.45, 2.75) is 6.92 Å². The molecule has 0 unspecified atom stereocenters. The van der Waals surface area contributed by atoms with Crippen LogP contribution in [0.4, 0.5) is 5.82 Å². The van der Waals surface area contributed by atoms with Gasteiger partial charge in [-0.3, -0.25) is 4.79 Å². The molecule has 0 bridgehead atoms. The van der Waals surface area contributed by atoms with E-state index in [-0.39, 0.29) is 5.56 Å². The van der Waals surface area contributed by atoms with Crippen molar-refractivity contribution in [3.8, 4) is 0 Å². The summed E-state index contributed by atoms with van der Waals surface area (Å²) in [6.07, 6.45) is 1.58. The number of ether oxygens (including phenoxy) is 1. The monoisotopic (exact) mass is 247 g/mol. The molecule has 2 aromatic heterocycles. The zero-order chi connectivity index (χ0) is 12.5. The van der Waals surface area contributed by atoms with Gasteiger partial charge in [0.2, 0.25) is 0 Å². The maximum absolute atomic E-state index is 12.0.